The van der Waals surface area contributed by atoms with Gasteiger partial charge in [0.2, 0.25) is 11.8 Å². The van der Waals surface area contributed by atoms with Crippen LogP contribution in [0, 0.1) is 0 Å². The Morgan fingerprint density at radius 3 is 2.62 bits per heavy atom. The highest BCUT2D eigenvalue weighted by Crippen LogP contribution is 2.31. The van der Waals surface area contributed by atoms with Crippen molar-refractivity contribution in [2.75, 3.05) is 13.1 Å². The normalized spacial score (nSPS) is 20.1. The lowest BCUT2D eigenvalue weighted by molar-refractivity contribution is -0.136. The fraction of sp³-hybridized carbons (Fsp3) is 0.308. The van der Waals surface area contributed by atoms with Crippen molar-refractivity contribution in [3.05, 3.63) is 76.9 Å². The highest BCUT2D eigenvalue weighted by Gasteiger charge is 2.39. The van der Waals surface area contributed by atoms with Crippen molar-refractivity contribution in [3.8, 4) is 0 Å². The molecule has 0 radical (unpaired) electrons. The Bertz CT molecular complexity index is 1190. The van der Waals surface area contributed by atoms with E-state index in [0.717, 1.165) is 22.3 Å². The summed E-state index contributed by atoms with van der Waals surface area (Å²) in [7, 11) is 0. The molecule has 3 heterocycles. The molecule has 0 spiro atoms. The van der Waals surface area contributed by atoms with Crippen LogP contribution in [-0.4, -0.2) is 52.7 Å². The molecule has 5 rings (SSSR count). The predicted molar refractivity (Wildman–Crippen MR) is 123 cm³/mol. The van der Waals surface area contributed by atoms with Crippen molar-refractivity contribution in [1.82, 2.24) is 15.1 Å². The number of ether oxygens (including phenoxy) is 1. The topological polar surface area (TPSA) is 96.0 Å². The largest absolute Gasteiger partial charge is 0.445 e. The molecule has 174 valence electrons. The Morgan fingerprint density at radius 1 is 1.06 bits per heavy atom. The fourth-order valence-electron chi connectivity index (χ4n) is 4.68. The number of amides is 4. The Morgan fingerprint density at radius 2 is 1.88 bits per heavy atom. The van der Waals surface area contributed by atoms with Crippen LogP contribution in [0.4, 0.5) is 4.79 Å². The molecule has 2 aromatic carbocycles. The maximum Gasteiger partial charge on any atom is 0.410 e. The Balaban J connectivity index is 1.22. The average Bonchev–Trinajstić information content (AvgIpc) is 3.18. The molecule has 0 aromatic heterocycles. The molecule has 1 fully saturated rings. The monoisotopic (exact) mass is 459 g/mol. The maximum absolute atomic E-state index is 12.9. The van der Waals surface area contributed by atoms with Gasteiger partial charge in [-0.3, -0.25) is 19.7 Å². The van der Waals surface area contributed by atoms with Crippen molar-refractivity contribution in [1.29, 1.82) is 0 Å². The lowest BCUT2D eigenvalue weighted by atomic mass is 9.96. The standard InChI is InChI=1S/C26H25N3O5/c30-23-9-8-22(24(31)27-23)29-15-20-14-19(6-7-21(20)25(29)32)18-10-12-28(13-11-18)26(33)34-16-17-4-2-1-3-5-17/h1-7,10,14,22H,8-9,11-13,15-16H2,(H,27,30,31)/t22-/m0/s1. The second kappa shape index (κ2) is 9.13. The summed E-state index contributed by atoms with van der Waals surface area (Å²) in [5, 5.41) is 2.32. The summed E-state index contributed by atoms with van der Waals surface area (Å²) >= 11 is 0. The Kier molecular flexibility index (Phi) is 5.88. The van der Waals surface area contributed by atoms with Gasteiger partial charge < -0.3 is 14.5 Å². The summed E-state index contributed by atoms with van der Waals surface area (Å²) in [6.07, 6.45) is 2.95. The zero-order valence-electron chi connectivity index (χ0n) is 18.7. The molecule has 8 nitrogen and oxygen atoms in total. The van der Waals surface area contributed by atoms with Crippen LogP contribution in [0.1, 0.15) is 46.3 Å². The molecular weight excluding hydrogens is 434 g/mol. The summed E-state index contributed by atoms with van der Waals surface area (Å²) in [4.78, 5) is 52.2. The minimum absolute atomic E-state index is 0.180. The number of nitrogens with zero attached hydrogens (tertiary/aromatic N) is 2. The van der Waals surface area contributed by atoms with E-state index in [1.807, 2.05) is 48.5 Å². The molecule has 0 unspecified atom stereocenters. The van der Waals surface area contributed by atoms with Gasteiger partial charge in [-0.2, -0.15) is 0 Å². The number of benzene rings is 2. The summed E-state index contributed by atoms with van der Waals surface area (Å²) in [6, 6.07) is 14.7. The SMILES string of the molecule is O=C1CC[C@H](N2Cc3cc(C4=CCN(C(=O)OCc5ccccc5)CC4)ccc3C2=O)C(=O)N1. The second-order valence-electron chi connectivity index (χ2n) is 8.74. The molecule has 34 heavy (non-hydrogen) atoms. The van der Waals surface area contributed by atoms with Crippen LogP contribution in [0.15, 0.2) is 54.6 Å². The average molecular weight is 460 g/mol. The number of carbonyl (C=O) groups excluding carboxylic acids is 4. The fourth-order valence-corrected chi connectivity index (χ4v) is 4.68. The third-order valence-corrected chi connectivity index (χ3v) is 6.57. The number of piperidine rings is 1. The van der Waals surface area contributed by atoms with E-state index in [2.05, 4.69) is 5.32 Å². The third-order valence-electron chi connectivity index (χ3n) is 6.57. The lowest BCUT2D eigenvalue weighted by Crippen LogP contribution is -2.52. The van der Waals surface area contributed by atoms with E-state index < -0.39 is 11.9 Å². The summed E-state index contributed by atoms with van der Waals surface area (Å²) in [5.41, 5.74) is 4.53. The molecule has 1 saturated heterocycles. The molecule has 3 aliphatic heterocycles. The van der Waals surface area contributed by atoms with Gasteiger partial charge >= 0.3 is 6.09 Å². The quantitative estimate of drug-likeness (QED) is 0.710. The molecule has 0 aliphatic carbocycles. The van der Waals surface area contributed by atoms with Crippen molar-refractivity contribution < 1.29 is 23.9 Å². The first-order valence-corrected chi connectivity index (χ1v) is 11.4. The van der Waals surface area contributed by atoms with Gasteiger partial charge in [-0.05, 0) is 47.2 Å². The first-order valence-electron chi connectivity index (χ1n) is 11.4. The number of hydrogen-bond donors (Lipinski definition) is 1. The summed E-state index contributed by atoms with van der Waals surface area (Å²) in [6.45, 7) is 1.61. The smallest absolute Gasteiger partial charge is 0.410 e. The first-order chi connectivity index (χ1) is 16.5. The number of fused-ring (bicyclic) bond motifs is 1. The van der Waals surface area contributed by atoms with Crippen molar-refractivity contribution in [2.24, 2.45) is 0 Å². The van der Waals surface area contributed by atoms with Gasteiger partial charge in [-0.25, -0.2) is 4.79 Å². The van der Waals surface area contributed by atoms with Gasteiger partial charge in [0.25, 0.3) is 5.91 Å². The minimum atomic E-state index is -0.620. The van der Waals surface area contributed by atoms with Crippen LogP contribution >= 0.6 is 0 Å². The molecule has 2 aromatic rings. The lowest BCUT2D eigenvalue weighted by Gasteiger charge is -2.29. The molecule has 3 aliphatic rings. The maximum atomic E-state index is 12.9. The first kappa shape index (κ1) is 21.9. The van der Waals surface area contributed by atoms with Crippen molar-refractivity contribution >= 4 is 29.4 Å². The van der Waals surface area contributed by atoms with Crippen LogP contribution in [0.3, 0.4) is 0 Å². The van der Waals surface area contributed by atoms with Gasteiger partial charge in [0.15, 0.2) is 0 Å². The summed E-state index contributed by atoms with van der Waals surface area (Å²) < 4.78 is 5.43. The van der Waals surface area contributed by atoms with Crippen LogP contribution < -0.4 is 5.32 Å². The number of nitrogens with one attached hydrogen (secondary N) is 1. The molecule has 1 atom stereocenters. The zero-order chi connectivity index (χ0) is 23.7. The van der Waals surface area contributed by atoms with Gasteiger partial charge in [0, 0.05) is 31.6 Å². The second-order valence-corrected chi connectivity index (χ2v) is 8.74. The highest BCUT2D eigenvalue weighted by molar-refractivity contribution is 6.05. The Labute approximate surface area is 197 Å². The van der Waals surface area contributed by atoms with Gasteiger partial charge in [-0.1, -0.05) is 42.5 Å². The zero-order valence-corrected chi connectivity index (χ0v) is 18.7. The number of carbonyl (C=O) groups is 4. The number of rotatable bonds is 4. The third kappa shape index (κ3) is 4.31. The number of hydrogen-bond acceptors (Lipinski definition) is 5. The predicted octanol–water partition coefficient (Wildman–Crippen LogP) is 2.87. The van der Waals surface area contributed by atoms with Gasteiger partial charge in [0.05, 0.1) is 0 Å². The highest BCUT2D eigenvalue weighted by atomic mass is 16.6. The molecule has 0 saturated carbocycles. The number of imide groups is 1. The molecule has 8 heteroatoms. The minimum Gasteiger partial charge on any atom is -0.445 e. The molecule has 1 N–H and O–H groups in total. The van der Waals surface area contributed by atoms with E-state index >= 15 is 0 Å². The van der Waals surface area contributed by atoms with E-state index in [9.17, 15) is 19.2 Å². The van der Waals surface area contributed by atoms with E-state index in [-0.39, 0.29) is 30.9 Å². The van der Waals surface area contributed by atoms with E-state index in [1.54, 1.807) is 15.9 Å². The Hall–Kier alpha value is -3.94. The molecule has 0 bridgehead atoms. The van der Waals surface area contributed by atoms with Crippen LogP contribution in [-0.2, 0) is 27.5 Å². The molecular formula is C26H25N3O5. The van der Waals surface area contributed by atoms with Gasteiger partial charge in [0.1, 0.15) is 12.6 Å². The molecule has 4 amide bonds. The summed E-state index contributed by atoms with van der Waals surface area (Å²) in [5.74, 6) is -0.886. The van der Waals surface area contributed by atoms with Crippen molar-refractivity contribution in [2.45, 2.75) is 38.5 Å². The van der Waals surface area contributed by atoms with Crippen LogP contribution in [0.25, 0.3) is 5.57 Å². The van der Waals surface area contributed by atoms with E-state index in [1.165, 1.54) is 0 Å². The van der Waals surface area contributed by atoms with Crippen molar-refractivity contribution in [3.63, 3.8) is 0 Å². The van der Waals surface area contributed by atoms with Crippen LogP contribution in [0.2, 0.25) is 0 Å². The van der Waals surface area contributed by atoms with E-state index in [0.29, 0.717) is 38.0 Å². The van der Waals surface area contributed by atoms with Crippen LogP contribution in [0.5, 0.6) is 0 Å². The van der Waals surface area contributed by atoms with Gasteiger partial charge in [-0.15, -0.1) is 0 Å². The van der Waals surface area contributed by atoms with E-state index in [4.69, 9.17) is 4.74 Å².